The van der Waals surface area contributed by atoms with Crippen LogP contribution in [0.2, 0.25) is 0 Å². The van der Waals surface area contributed by atoms with Crippen molar-refractivity contribution in [1.82, 2.24) is 4.98 Å². The summed E-state index contributed by atoms with van der Waals surface area (Å²) >= 11 is 3.07. The summed E-state index contributed by atoms with van der Waals surface area (Å²) in [6.07, 6.45) is 0.0677. The second-order valence-electron chi connectivity index (χ2n) is 2.23. The summed E-state index contributed by atoms with van der Waals surface area (Å²) in [5, 5.41) is 17.6. The molecule has 1 unspecified atom stereocenters. The fraction of sp³-hybridized carbons (Fsp3) is 0.286. The highest BCUT2D eigenvalue weighted by molar-refractivity contribution is 9.10. The molecule has 0 fully saturated rings. The zero-order valence-corrected chi connectivity index (χ0v) is 7.62. The third kappa shape index (κ3) is 2.00. The van der Waals surface area contributed by atoms with Gasteiger partial charge in [0.05, 0.1) is 6.61 Å². The van der Waals surface area contributed by atoms with Crippen molar-refractivity contribution < 1.29 is 14.6 Å². The van der Waals surface area contributed by atoms with E-state index in [-0.39, 0.29) is 5.56 Å². The minimum atomic E-state index is -1.21. The predicted octanol–water partition coefficient (Wildman–Crippen LogP) is 1.01. The van der Waals surface area contributed by atoms with Gasteiger partial charge in [0.25, 0.3) is 0 Å². The van der Waals surface area contributed by atoms with Crippen LogP contribution in [0.3, 0.4) is 0 Å². The van der Waals surface area contributed by atoms with Gasteiger partial charge in [0.2, 0.25) is 5.95 Å². The first-order valence-corrected chi connectivity index (χ1v) is 4.04. The van der Waals surface area contributed by atoms with Crippen LogP contribution in [-0.2, 0) is 0 Å². The third-order valence-electron chi connectivity index (χ3n) is 1.36. The average Bonchev–Trinajstić information content (AvgIpc) is 2.08. The lowest BCUT2D eigenvalue weighted by Gasteiger charge is -2.07. The van der Waals surface area contributed by atoms with Crippen LogP contribution in [0, 0.1) is 5.95 Å². The molecule has 0 saturated heterocycles. The second kappa shape index (κ2) is 3.93. The Morgan fingerprint density at radius 2 is 2.33 bits per heavy atom. The van der Waals surface area contributed by atoms with Gasteiger partial charge in [-0.3, -0.25) is 0 Å². The number of pyridine rings is 1. The Bertz CT molecular complexity index is 282. The van der Waals surface area contributed by atoms with Crippen molar-refractivity contribution in [3.05, 3.63) is 28.2 Å². The molecule has 0 aliphatic rings. The maximum Gasteiger partial charge on any atom is 0.218 e. The number of aliphatic hydroxyl groups is 2. The van der Waals surface area contributed by atoms with Crippen molar-refractivity contribution in [2.24, 2.45) is 0 Å². The second-order valence-corrected chi connectivity index (χ2v) is 3.15. The third-order valence-corrected chi connectivity index (χ3v) is 1.80. The molecule has 1 heterocycles. The summed E-state index contributed by atoms with van der Waals surface area (Å²) in [4.78, 5) is 3.36. The molecule has 0 aliphatic heterocycles. The summed E-state index contributed by atoms with van der Waals surface area (Å²) < 4.78 is 13.4. The van der Waals surface area contributed by atoms with Crippen molar-refractivity contribution in [2.45, 2.75) is 6.10 Å². The molecular weight excluding hydrogens is 229 g/mol. The largest absolute Gasteiger partial charge is 0.393 e. The number of aliphatic hydroxyl groups excluding tert-OH is 2. The van der Waals surface area contributed by atoms with Gasteiger partial charge in [-0.05, 0) is 22.0 Å². The highest BCUT2D eigenvalue weighted by atomic mass is 79.9. The van der Waals surface area contributed by atoms with E-state index in [2.05, 4.69) is 20.9 Å². The highest BCUT2D eigenvalue weighted by Crippen LogP contribution is 2.18. The Hall–Kier alpha value is -0.520. The molecule has 2 N–H and O–H groups in total. The lowest BCUT2D eigenvalue weighted by Crippen LogP contribution is -2.06. The van der Waals surface area contributed by atoms with E-state index in [1.165, 1.54) is 12.3 Å². The summed E-state index contributed by atoms with van der Waals surface area (Å²) in [5.74, 6) is -0.764. The van der Waals surface area contributed by atoms with E-state index < -0.39 is 18.7 Å². The van der Waals surface area contributed by atoms with Crippen molar-refractivity contribution in [2.75, 3.05) is 6.61 Å². The molecule has 5 heteroatoms. The smallest absolute Gasteiger partial charge is 0.218 e. The monoisotopic (exact) mass is 235 g/mol. The van der Waals surface area contributed by atoms with Gasteiger partial charge in [-0.25, -0.2) is 4.98 Å². The van der Waals surface area contributed by atoms with Crippen LogP contribution in [0.5, 0.6) is 0 Å². The molecule has 1 atom stereocenters. The van der Waals surface area contributed by atoms with Crippen LogP contribution in [-0.4, -0.2) is 21.8 Å². The first-order valence-electron chi connectivity index (χ1n) is 3.25. The predicted molar refractivity (Wildman–Crippen MR) is 43.9 cm³/mol. The van der Waals surface area contributed by atoms with Gasteiger partial charge in [0.15, 0.2) is 0 Å². The molecule has 0 aromatic carbocycles. The number of hydrogen-bond donors (Lipinski definition) is 2. The van der Waals surface area contributed by atoms with Crippen LogP contribution in [0.4, 0.5) is 4.39 Å². The number of rotatable bonds is 2. The van der Waals surface area contributed by atoms with Gasteiger partial charge in [0, 0.05) is 16.2 Å². The Balaban J connectivity index is 3.04. The molecule has 0 spiro atoms. The minimum Gasteiger partial charge on any atom is -0.393 e. The quantitative estimate of drug-likeness (QED) is 0.753. The highest BCUT2D eigenvalue weighted by Gasteiger charge is 2.12. The molecule has 1 rings (SSSR count). The van der Waals surface area contributed by atoms with Gasteiger partial charge < -0.3 is 10.2 Å². The maximum absolute atomic E-state index is 12.8. The molecule has 3 nitrogen and oxygen atoms in total. The van der Waals surface area contributed by atoms with Crippen LogP contribution >= 0.6 is 15.9 Å². The number of halogens is 2. The molecule has 0 amide bonds. The van der Waals surface area contributed by atoms with Crippen molar-refractivity contribution in [1.29, 1.82) is 0 Å². The van der Waals surface area contributed by atoms with E-state index in [1.807, 2.05) is 0 Å². The minimum absolute atomic E-state index is 0.00752. The van der Waals surface area contributed by atoms with E-state index >= 15 is 0 Å². The Morgan fingerprint density at radius 3 is 2.92 bits per heavy atom. The van der Waals surface area contributed by atoms with Gasteiger partial charge >= 0.3 is 0 Å². The molecule has 12 heavy (non-hydrogen) atoms. The maximum atomic E-state index is 12.8. The van der Waals surface area contributed by atoms with Crippen molar-refractivity contribution in [3.8, 4) is 0 Å². The van der Waals surface area contributed by atoms with Gasteiger partial charge in [-0.1, -0.05) is 0 Å². The molecular formula is C7H7BrFNO2. The summed E-state index contributed by atoms with van der Waals surface area (Å²) in [6.45, 7) is -0.519. The lowest BCUT2D eigenvalue weighted by atomic mass is 10.2. The molecule has 0 saturated carbocycles. The lowest BCUT2D eigenvalue weighted by molar-refractivity contribution is 0.0919. The zero-order chi connectivity index (χ0) is 9.14. The van der Waals surface area contributed by atoms with Crippen molar-refractivity contribution in [3.63, 3.8) is 0 Å². The molecule has 1 aromatic heterocycles. The fourth-order valence-electron chi connectivity index (χ4n) is 0.770. The molecule has 0 bridgehead atoms. The van der Waals surface area contributed by atoms with E-state index in [0.717, 1.165) is 0 Å². The van der Waals surface area contributed by atoms with Crippen molar-refractivity contribution >= 4 is 15.9 Å². The SMILES string of the molecule is OCC(O)c1cc(Br)cnc1F. The Labute approximate surface area is 77.0 Å². The van der Waals surface area contributed by atoms with Crippen LogP contribution in [0.15, 0.2) is 16.7 Å². The Morgan fingerprint density at radius 1 is 1.67 bits per heavy atom. The summed E-state index contributed by atoms with van der Waals surface area (Å²) in [7, 11) is 0. The fourth-order valence-corrected chi connectivity index (χ4v) is 1.12. The number of aromatic nitrogens is 1. The number of hydrogen-bond acceptors (Lipinski definition) is 3. The zero-order valence-electron chi connectivity index (χ0n) is 6.04. The molecule has 1 aromatic rings. The van der Waals surface area contributed by atoms with Gasteiger partial charge in [0.1, 0.15) is 6.10 Å². The van der Waals surface area contributed by atoms with E-state index in [9.17, 15) is 4.39 Å². The molecule has 0 aliphatic carbocycles. The first kappa shape index (κ1) is 9.57. The summed E-state index contributed by atoms with van der Waals surface area (Å²) in [5.41, 5.74) is -0.00752. The van der Waals surface area contributed by atoms with Crippen LogP contribution in [0.25, 0.3) is 0 Å². The van der Waals surface area contributed by atoms with Gasteiger partial charge in [-0.15, -0.1) is 0 Å². The molecule has 66 valence electrons. The summed E-state index contributed by atoms with van der Waals surface area (Å²) in [6, 6.07) is 1.38. The van der Waals surface area contributed by atoms with E-state index in [0.29, 0.717) is 4.47 Å². The Kier molecular flexibility index (Phi) is 3.13. The topological polar surface area (TPSA) is 53.4 Å². The molecule has 0 radical (unpaired) electrons. The van der Waals surface area contributed by atoms with Crippen LogP contribution in [0.1, 0.15) is 11.7 Å². The standard InChI is InChI=1S/C7H7BrFNO2/c8-4-1-5(6(12)3-11)7(9)10-2-4/h1-2,6,11-12H,3H2. The van der Waals surface area contributed by atoms with Crippen LogP contribution < -0.4 is 0 Å². The van der Waals surface area contributed by atoms with E-state index in [4.69, 9.17) is 10.2 Å². The van der Waals surface area contributed by atoms with E-state index in [1.54, 1.807) is 0 Å². The average molecular weight is 236 g/mol. The van der Waals surface area contributed by atoms with Gasteiger partial charge in [-0.2, -0.15) is 4.39 Å². The normalized spacial score (nSPS) is 13.0. The first-order chi connectivity index (χ1) is 5.65. The number of nitrogens with zero attached hydrogens (tertiary/aromatic N) is 1.